The van der Waals surface area contributed by atoms with Crippen molar-refractivity contribution in [2.24, 2.45) is 11.3 Å². The Morgan fingerprint density at radius 3 is 2.70 bits per heavy atom. The Balaban J connectivity index is 1.31. The van der Waals surface area contributed by atoms with Gasteiger partial charge in [-0.25, -0.2) is 4.39 Å². The third kappa shape index (κ3) is 4.01. The van der Waals surface area contributed by atoms with E-state index in [4.69, 9.17) is 11.6 Å². The van der Waals surface area contributed by atoms with Crippen LogP contribution in [0.15, 0.2) is 18.2 Å². The maximum Gasteiger partial charge on any atom is 0.226 e. The van der Waals surface area contributed by atoms with Crippen molar-refractivity contribution >= 4 is 17.5 Å². The molecule has 2 saturated heterocycles. The summed E-state index contributed by atoms with van der Waals surface area (Å²) < 4.78 is 14.0. The molecule has 0 aromatic heterocycles. The third-order valence-electron chi connectivity index (χ3n) is 6.81. The van der Waals surface area contributed by atoms with Gasteiger partial charge < -0.3 is 9.80 Å². The van der Waals surface area contributed by atoms with Crippen molar-refractivity contribution in [2.75, 3.05) is 46.3 Å². The van der Waals surface area contributed by atoms with Crippen LogP contribution in [0.5, 0.6) is 0 Å². The fourth-order valence-electron chi connectivity index (χ4n) is 4.80. The van der Waals surface area contributed by atoms with Crippen molar-refractivity contribution in [3.8, 4) is 0 Å². The van der Waals surface area contributed by atoms with Gasteiger partial charge in [-0.15, -0.1) is 0 Å². The summed E-state index contributed by atoms with van der Waals surface area (Å²) in [5.74, 6) is 0.351. The fraction of sp³-hybridized carbons (Fsp3) is 0.667. The second kappa shape index (κ2) is 7.69. The van der Waals surface area contributed by atoms with Crippen LogP contribution in [0.25, 0.3) is 0 Å². The summed E-state index contributed by atoms with van der Waals surface area (Å²) in [5.41, 5.74) is 0.789. The van der Waals surface area contributed by atoms with Gasteiger partial charge in [-0.2, -0.15) is 0 Å². The van der Waals surface area contributed by atoms with E-state index in [0.717, 1.165) is 65.0 Å². The molecule has 4 nitrogen and oxygen atoms in total. The molecule has 1 aliphatic carbocycles. The largest absolute Gasteiger partial charge is 0.341 e. The highest BCUT2D eigenvalue weighted by atomic mass is 35.5. The van der Waals surface area contributed by atoms with E-state index in [0.29, 0.717) is 23.0 Å². The molecule has 1 aromatic rings. The Kier molecular flexibility index (Phi) is 5.45. The lowest BCUT2D eigenvalue weighted by Gasteiger charge is -2.33. The van der Waals surface area contributed by atoms with Gasteiger partial charge in [0.2, 0.25) is 5.91 Å². The predicted molar refractivity (Wildman–Crippen MR) is 105 cm³/mol. The number of hydrogen-bond donors (Lipinski definition) is 0. The quantitative estimate of drug-likeness (QED) is 0.788. The average Bonchev–Trinajstić information content (AvgIpc) is 3.39. The number of carbonyl (C=O) groups is 1. The molecular formula is C21H29ClFN3O. The lowest BCUT2D eigenvalue weighted by molar-refractivity contribution is -0.133. The van der Waals surface area contributed by atoms with E-state index in [1.54, 1.807) is 12.1 Å². The second-order valence-corrected chi connectivity index (χ2v) is 8.98. The van der Waals surface area contributed by atoms with Crippen molar-refractivity contribution in [1.82, 2.24) is 14.7 Å². The van der Waals surface area contributed by atoms with Crippen molar-refractivity contribution in [3.63, 3.8) is 0 Å². The molecular weight excluding hydrogens is 365 g/mol. The van der Waals surface area contributed by atoms with Crippen molar-refractivity contribution in [1.29, 1.82) is 0 Å². The number of halogens is 2. The van der Waals surface area contributed by atoms with Gasteiger partial charge in [0.25, 0.3) is 0 Å². The minimum absolute atomic E-state index is 0.199. The van der Waals surface area contributed by atoms with Crippen LogP contribution in [0, 0.1) is 17.2 Å². The van der Waals surface area contributed by atoms with Crippen LogP contribution in [-0.4, -0.2) is 66.9 Å². The number of likely N-dealkylation sites (N-methyl/N-ethyl adjacent to an activating group) is 1. The maximum atomic E-state index is 14.0. The summed E-state index contributed by atoms with van der Waals surface area (Å²) in [6, 6.07) is 4.87. The van der Waals surface area contributed by atoms with Crippen LogP contribution in [0.1, 0.15) is 31.2 Å². The first kappa shape index (κ1) is 19.2. The minimum atomic E-state index is -0.228. The van der Waals surface area contributed by atoms with Gasteiger partial charge in [-0.3, -0.25) is 9.69 Å². The van der Waals surface area contributed by atoms with Gasteiger partial charge in [0.15, 0.2) is 0 Å². The van der Waals surface area contributed by atoms with Crippen LogP contribution in [0.2, 0.25) is 5.02 Å². The summed E-state index contributed by atoms with van der Waals surface area (Å²) >= 11 is 6.17. The van der Waals surface area contributed by atoms with Crippen LogP contribution in [0.4, 0.5) is 4.39 Å². The first-order valence-corrected chi connectivity index (χ1v) is 10.5. The zero-order chi connectivity index (χ0) is 19.0. The molecule has 1 atom stereocenters. The Labute approximate surface area is 166 Å². The normalized spacial score (nSPS) is 26.2. The molecule has 3 fully saturated rings. The predicted octanol–water partition coefficient (Wildman–Crippen LogP) is 3.25. The maximum absolute atomic E-state index is 14.0. The molecule has 1 saturated carbocycles. The Hall–Kier alpha value is -1.17. The molecule has 2 aliphatic heterocycles. The molecule has 148 valence electrons. The molecule has 0 radical (unpaired) electrons. The molecule has 1 unspecified atom stereocenters. The number of amides is 1. The molecule has 4 rings (SSSR count). The van der Waals surface area contributed by atoms with Crippen molar-refractivity contribution < 1.29 is 9.18 Å². The summed E-state index contributed by atoms with van der Waals surface area (Å²) in [4.78, 5) is 19.7. The lowest BCUT2D eigenvalue weighted by atomic mass is 9.90. The molecule has 0 bridgehead atoms. The highest BCUT2D eigenvalue weighted by Gasteiger charge is 2.59. The topological polar surface area (TPSA) is 26.8 Å². The van der Waals surface area contributed by atoms with Gasteiger partial charge in [-0.1, -0.05) is 17.7 Å². The Bertz CT molecular complexity index is 684. The molecule has 3 aliphatic rings. The SMILES string of the molecule is CN1CCCN(C(=O)C2CC23CCN(Cc2c(F)cccc2Cl)CC3)CC1. The van der Waals surface area contributed by atoms with Gasteiger partial charge >= 0.3 is 0 Å². The fourth-order valence-corrected chi connectivity index (χ4v) is 5.02. The first-order chi connectivity index (χ1) is 13.0. The smallest absolute Gasteiger partial charge is 0.226 e. The van der Waals surface area contributed by atoms with Crippen LogP contribution in [0.3, 0.4) is 0 Å². The monoisotopic (exact) mass is 393 g/mol. The molecule has 1 aromatic carbocycles. The molecule has 1 amide bonds. The molecule has 2 heterocycles. The lowest BCUT2D eigenvalue weighted by Crippen LogP contribution is -2.39. The number of hydrogen-bond acceptors (Lipinski definition) is 3. The number of nitrogens with zero attached hydrogens (tertiary/aromatic N) is 3. The first-order valence-electron chi connectivity index (χ1n) is 10.1. The van der Waals surface area contributed by atoms with E-state index < -0.39 is 0 Å². The summed E-state index contributed by atoms with van der Waals surface area (Å²) in [5, 5.41) is 0.501. The van der Waals surface area contributed by atoms with E-state index >= 15 is 0 Å². The summed E-state index contributed by atoms with van der Waals surface area (Å²) in [6.45, 7) is 6.19. The number of piperidine rings is 1. The molecule has 1 spiro atoms. The zero-order valence-corrected chi connectivity index (χ0v) is 16.8. The summed E-state index contributed by atoms with van der Waals surface area (Å²) in [6.07, 6.45) is 4.16. The van der Waals surface area contributed by atoms with Gasteiger partial charge in [0.05, 0.1) is 0 Å². The van der Waals surface area contributed by atoms with Crippen molar-refractivity contribution in [2.45, 2.75) is 32.2 Å². The van der Waals surface area contributed by atoms with Crippen LogP contribution in [-0.2, 0) is 11.3 Å². The van der Waals surface area contributed by atoms with Crippen molar-refractivity contribution in [3.05, 3.63) is 34.6 Å². The highest BCUT2D eigenvalue weighted by molar-refractivity contribution is 6.31. The zero-order valence-electron chi connectivity index (χ0n) is 16.1. The average molecular weight is 394 g/mol. The van der Waals surface area contributed by atoms with E-state index in [1.807, 2.05) is 0 Å². The van der Waals surface area contributed by atoms with Gasteiger partial charge in [0.1, 0.15) is 5.82 Å². The second-order valence-electron chi connectivity index (χ2n) is 8.58. The Morgan fingerprint density at radius 1 is 1.19 bits per heavy atom. The van der Waals surface area contributed by atoms with E-state index in [1.165, 1.54) is 6.07 Å². The Morgan fingerprint density at radius 2 is 1.96 bits per heavy atom. The number of benzene rings is 1. The van der Waals surface area contributed by atoms with Crippen LogP contribution < -0.4 is 0 Å². The van der Waals surface area contributed by atoms with Gasteiger partial charge in [-0.05, 0) is 69.9 Å². The molecule has 0 N–H and O–H groups in total. The highest BCUT2D eigenvalue weighted by Crippen LogP contribution is 2.60. The number of carbonyl (C=O) groups excluding carboxylic acids is 1. The van der Waals surface area contributed by atoms with E-state index in [2.05, 4.69) is 21.7 Å². The van der Waals surface area contributed by atoms with E-state index in [9.17, 15) is 9.18 Å². The minimum Gasteiger partial charge on any atom is -0.341 e. The summed E-state index contributed by atoms with van der Waals surface area (Å²) in [7, 11) is 2.13. The molecule has 6 heteroatoms. The van der Waals surface area contributed by atoms with Crippen LogP contribution >= 0.6 is 11.6 Å². The number of rotatable bonds is 3. The third-order valence-corrected chi connectivity index (χ3v) is 7.17. The number of likely N-dealkylation sites (tertiary alicyclic amines) is 1. The standard InChI is InChI=1S/C21H29ClFN3O/c1-24-8-3-9-26(13-12-24)20(27)17-14-21(17)6-10-25(11-7-21)15-16-18(22)4-2-5-19(16)23/h2,4-5,17H,3,6-15H2,1H3. The van der Waals surface area contributed by atoms with E-state index in [-0.39, 0.29) is 17.2 Å². The molecule has 27 heavy (non-hydrogen) atoms. The van der Waals surface area contributed by atoms with Gasteiger partial charge in [0, 0.05) is 42.7 Å².